The SMILES string of the molecule is C=CCCCCCC(NN)c1ccc(Cl)cn1. The molecule has 0 fully saturated rings. The molecule has 0 saturated carbocycles. The first-order valence-corrected chi connectivity index (χ1v) is 6.34. The van der Waals surface area contributed by atoms with Gasteiger partial charge in [-0.25, -0.2) is 0 Å². The van der Waals surface area contributed by atoms with Crippen LogP contribution in [-0.2, 0) is 0 Å². The van der Waals surface area contributed by atoms with Gasteiger partial charge in [0.25, 0.3) is 0 Å². The Morgan fingerprint density at radius 1 is 1.41 bits per heavy atom. The Hall–Kier alpha value is -0.900. The van der Waals surface area contributed by atoms with E-state index in [1.807, 2.05) is 18.2 Å². The van der Waals surface area contributed by atoms with Crippen molar-refractivity contribution in [2.75, 3.05) is 0 Å². The maximum Gasteiger partial charge on any atom is 0.0632 e. The van der Waals surface area contributed by atoms with Gasteiger partial charge in [0.15, 0.2) is 0 Å². The summed E-state index contributed by atoms with van der Waals surface area (Å²) >= 11 is 5.80. The highest BCUT2D eigenvalue weighted by Gasteiger charge is 2.10. The molecule has 3 nitrogen and oxygen atoms in total. The van der Waals surface area contributed by atoms with Crippen LogP contribution in [-0.4, -0.2) is 4.98 Å². The second kappa shape index (κ2) is 8.23. The lowest BCUT2D eigenvalue weighted by atomic mass is 10.0. The van der Waals surface area contributed by atoms with Crippen molar-refractivity contribution in [1.29, 1.82) is 0 Å². The number of rotatable bonds is 8. The fourth-order valence-electron chi connectivity index (χ4n) is 1.72. The fourth-order valence-corrected chi connectivity index (χ4v) is 1.84. The number of pyridine rings is 1. The average molecular weight is 254 g/mol. The van der Waals surface area contributed by atoms with E-state index in [2.05, 4.69) is 17.0 Å². The molecule has 0 aromatic carbocycles. The Kier molecular flexibility index (Phi) is 6.86. The summed E-state index contributed by atoms with van der Waals surface area (Å²) < 4.78 is 0. The lowest BCUT2D eigenvalue weighted by Crippen LogP contribution is -2.28. The van der Waals surface area contributed by atoms with Crippen LogP contribution in [0.15, 0.2) is 31.0 Å². The van der Waals surface area contributed by atoms with Crippen molar-refractivity contribution < 1.29 is 0 Å². The van der Waals surface area contributed by atoms with E-state index in [1.165, 1.54) is 12.8 Å². The number of nitrogens with zero attached hydrogens (tertiary/aromatic N) is 1. The Morgan fingerprint density at radius 3 is 2.82 bits per heavy atom. The second-order valence-corrected chi connectivity index (χ2v) is 4.48. The van der Waals surface area contributed by atoms with Gasteiger partial charge < -0.3 is 0 Å². The van der Waals surface area contributed by atoms with Gasteiger partial charge in [0.1, 0.15) is 0 Å². The first-order valence-electron chi connectivity index (χ1n) is 5.96. The van der Waals surface area contributed by atoms with Crippen LogP contribution in [0.5, 0.6) is 0 Å². The molecule has 4 heteroatoms. The predicted octanol–water partition coefficient (Wildman–Crippen LogP) is 3.38. The Balaban J connectivity index is 2.37. The molecule has 0 bridgehead atoms. The topological polar surface area (TPSA) is 50.9 Å². The minimum absolute atomic E-state index is 0.107. The number of hydrogen-bond donors (Lipinski definition) is 2. The summed E-state index contributed by atoms with van der Waals surface area (Å²) in [4.78, 5) is 4.27. The van der Waals surface area contributed by atoms with Crippen molar-refractivity contribution in [1.82, 2.24) is 10.4 Å². The summed E-state index contributed by atoms with van der Waals surface area (Å²) in [5, 5.41) is 0.649. The van der Waals surface area contributed by atoms with E-state index >= 15 is 0 Å². The van der Waals surface area contributed by atoms with Crippen molar-refractivity contribution in [3.05, 3.63) is 41.7 Å². The zero-order valence-electron chi connectivity index (χ0n) is 10.0. The molecule has 1 rings (SSSR count). The van der Waals surface area contributed by atoms with Gasteiger partial charge in [-0.15, -0.1) is 6.58 Å². The molecule has 17 heavy (non-hydrogen) atoms. The molecular weight excluding hydrogens is 234 g/mol. The van der Waals surface area contributed by atoms with Crippen molar-refractivity contribution >= 4 is 11.6 Å². The van der Waals surface area contributed by atoms with E-state index in [1.54, 1.807) is 6.20 Å². The zero-order valence-corrected chi connectivity index (χ0v) is 10.8. The largest absolute Gasteiger partial charge is 0.271 e. The van der Waals surface area contributed by atoms with Crippen LogP contribution >= 0.6 is 11.6 Å². The van der Waals surface area contributed by atoms with Crippen LogP contribution in [0, 0.1) is 0 Å². The summed E-state index contributed by atoms with van der Waals surface area (Å²) in [7, 11) is 0. The van der Waals surface area contributed by atoms with E-state index in [0.717, 1.165) is 25.0 Å². The molecule has 0 spiro atoms. The molecule has 0 amide bonds. The standard InChI is InChI=1S/C13H20ClN3/c1-2-3-4-5-6-7-13(17-15)12-9-8-11(14)10-16-12/h2,8-10,13,17H,1,3-7,15H2. The third-order valence-electron chi connectivity index (χ3n) is 2.71. The van der Waals surface area contributed by atoms with Crippen molar-refractivity contribution in [2.45, 2.75) is 38.1 Å². The highest BCUT2D eigenvalue weighted by atomic mass is 35.5. The molecule has 0 radical (unpaired) electrons. The number of unbranched alkanes of at least 4 members (excludes halogenated alkanes) is 3. The Morgan fingerprint density at radius 2 is 2.24 bits per heavy atom. The van der Waals surface area contributed by atoms with Crippen LogP contribution < -0.4 is 11.3 Å². The van der Waals surface area contributed by atoms with Crippen molar-refractivity contribution in [3.8, 4) is 0 Å². The zero-order chi connectivity index (χ0) is 12.5. The van der Waals surface area contributed by atoms with Crippen LogP contribution in [0.1, 0.15) is 43.8 Å². The van der Waals surface area contributed by atoms with Gasteiger partial charge in [0.05, 0.1) is 16.8 Å². The molecule has 1 heterocycles. The highest BCUT2D eigenvalue weighted by molar-refractivity contribution is 6.30. The van der Waals surface area contributed by atoms with Gasteiger partial charge in [-0.1, -0.05) is 30.5 Å². The van der Waals surface area contributed by atoms with Gasteiger partial charge in [-0.2, -0.15) is 0 Å². The van der Waals surface area contributed by atoms with Crippen LogP contribution in [0.25, 0.3) is 0 Å². The number of nitrogens with two attached hydrogens (primary N) is 1. The van der Waals surface area contributed by atoms with Crippen LogP contribution in [0.4, 0.5) is 0 Å². The van der Waals surface area contributed by atoms with Gasteiger partial charge in [0, 0.05) is 6.20 Å². The number of hydrogen-bond acceptors (Lipinski definition) is 3. The monoisotopic (exact) mass is 253 g/mol. The molecule has 1 aromatic heterocycles. The van der Waals surface area contributed by atoms with E-state index in [4.69, 9.17) is 17.4 Å². The first-order chi connectivity index (χ1) is 8.27. The quantitative estimate of drug-likeness (QED) is 0.323. The molecule has 0 aliphatic rings. The summed E-state index contributed by atoms with van der Waals surface area (Å²) in [6.07, 6.45) is 9.19. The predicted molar refractivity (Wildman–Crippen MR) is 72.6 cm³/mol. The fraction of sp³-hybridized carbons (Fsp3) is 0.462. The molecule has 1 atom stereocenters. The third-order valence-corrected chi connectivity index (χ3v) is 2.93. The van der Waals surface area contributed by atoms with Crippen molar-refractivity contribution in [3.63, 3.8) is 0 Å². The van der Waals surface area contributed by atoms with Crippen LogP contribution in [0.2, 0.25) is 5.02 Å². The number of hydrazine groups is 1. The summed E-state index contributed by atoms with van der Waals surface area (Å²) in [6.45, 7) is 3.71. The first kappa shape index (κ1) is 14.2. The molecule has 0 aliphatic heterocycles. The second-order valence-electron chi connectivity index (χ2n) is 4.05. The highest BCUT2D eigenvalue weighted by Crippen LogP contribution is 2.18. The van der Waals surface area contributed by atoms with Gasteiger partial charge in [-0.05, 0) is 31.4 Å². The van der Waals surface area contributed by atoms with E-state index < -0.39 is 0 Å². The summed E-state index contributed by atoms with van der Waals surface area (Å²) in [5.74, 6) is 5.54. The van der Waals surface area contributed by atoms with Crippen LogP contribution in [0.3, 0.4) is 0 Å². The van der Waals surface area contributed by atoms with Gasteiger partial charge in [0.2, 0.25) is 0 Å². The molecule has 1 unspecified atom stereocenters. The smallest absolute Gasteiger partial charge is 0.0632 e. The maximum atomic E-state index is 5.80. The third kappa shape index (κ3) is 5.31. The average Bonchev–Trinajstić information content (AvgIpc) is 2.35. The normalized spacial score (nSPS) is 12.4. The molecule has 3 N–H and O–H groups in total. The number of allylic oxidation sites excluding steroid dienone is 1. The molecule has 1 aromatic rings. The maximum absolute atomic E-state index is 5.80. The summed E-state index contributed by atoms with van der Waals surface area (Å²) in [5.41, 5.74) is 3.75. The lowest BCUT2D eigenvalue weighted by molar-refractivity contribution is 0.474. The Bertz CT molecular complexity index is 324. The molecule has 94 valence electrons. The van der Waals surface area contributed by atoms with E-state index in [-0.39, 0.29) is 6.04 Å². The van der Waals surface area contributed by atoms with E-state index in [0.29, 0.717) is 5.02 Å². The molecule has 0 aliphatic carbocycles. The number of halogens is 1. The van der Waals surface area contributed by atoms with E-state index in [9.17, 15) is 0 Å². The number of aromatic nitrogens is 1. The Labute approximate surface area is 108 Å². The van der Waals surface area contributed by atoms with Crippen molar-refractivity contribution in [2.24, 2.45) is 5.84 Å². The molecular formula is C13H20ClN3. The lowest BCUT2D eigenvalue weighted by Gasteiger charge is -2.15. The van der Waals surface area contributed by atoms with Gasteiger partial charge >= 0.3 is 0 Å². The summed E-state index contributed by atoms with van der Waals surface area (Å²) in [6, 6.07) is 3.86. The number of nitrogens with one attached hydrogen (secondary N) is 1. The minimum Gasteiger partial charge on any atom is -0.271 e. The minimum atomic E-state index is 0.107. The molecule has 0 saturated heterocycles. The van der Waals surface area contributed by atoms with Gasteiger partial charge in [-0.3, -0.25) is 16.3 Å².